The maximum atomic E-state index is 8.93. The van der Waals surface area contributed by atoms with Gasteiger partial charge in [0.05, 0.1) is 68.9 Å². The molecule has 0 unspecified atom stereocenters. The number of carboxylic acids is 6. The van der Waals surface area contributed by atoms with Gasteiger partial charge in [-0.05, 0) is 36.4 Å². The molecule has 3 aromatic carbocycles. The van der Waals surface area contributed by atoms with Crippen LogP contribution in [0.5, 0.6) is 0 Å². The average Bonchev–Trinajstić information content (AvgIpc) is 3.30. The zero-order chi connectivity index (χ0) is 46.3. The zero-order valence-electron chi connectivity index (χ0n) is 33.8. The van der Waals surface area contributed by atoms with Gasteiger partial charge in [-0.1, -0.05) is 79.7 Å². The fraction of sp³-hybridized carbons (Fsp3) is 0.0455. The Morgan fingerprint density at radius 1 is 0.348 bits per heavy atom. The number of pyridine rings is 6. The fourth-order valence-electron chi connectivity index (χ4n) is 5.04. The number of carbonyl (C=O) groups excluding carboxylic acids is 6. The SMILES string of the molecule is CC[O-].O.O=C([O-])C(=O)[O-].O=C([O-])C(=O)[O-].O=C([O-])C(=O)[O-].[Ni+3].[Ta].c1cnc2c(c1)ccc1cccnc12.c1cnc2c(c1)ccc1cccnc12.c1cnc2c(c1)ccc1cccnc12. The van der Waals surface area contributed by atoms with E-state index in [9.17, 15) is 0 Å². The molecule has 0 fully saturated rings. The number of hydrogen-bond donors (Lipinski definition) is 0. The molecule has 6 aromatic heterocycles. The summed E-state index contributed by atoms with van der Waals surface area (Å²) in [6.45, 7) is 1.57. The molecule has 0 saturated heterocycles. The van der Waals surface area contributed by atoms with E-state index in [1.807, 2.05) is 36.4 Å². The van der Waals surface area contributed by atoms with Crippen molar-refractivity contribution in [3.8, 4) is 0 Å². The Hall–Kier alpha value is -7.91. The number of nitrogens with zero attached hydrogens (tertiary/aromatic N) is 6. The van der Waals surface area contributed by atoms with Crippen LogP contribution in [0.2, 0.25) is 0 Å². The van der Waals surface area contributed by atoms with Crippen molar-refractivity contribution in [3.05, 3.63) is 146 Å². The van der Waals surface area contributed by atoms with Gasteiger partial charge in [-0.15, -0.1) is 6.61 Å². The number of rotatable bonds is 0. The second-order valence-electron chi connectivity index (χ2n) is 11.7. The van der Waals surface area contributed by atoms with Gasteiger partial charge in [0.15, 0.2) is 0 Å². The van der Waals surface area contributed by atoms with Crippen molar-refractivity contribution in [2.45, 2.75) is 6.92 Å². The van der Waals surface area contributed by atoms with Crippen molar-refractivity contribution in [2.24, 2.45) is 0 Å². The first kappa shape index (κ1) is 58.1. The molecule has 66 heavy (non-hydrogen) atoms. The van der Waals surface area contributed by atoms with E-state index in [0.29, 0.717) is 0 Å². The third kappa shape index (κ3) is 18.1. The fourth-order valence-corrected chi connectivity index (χ4v) is 5.04. The molecule has 0 bridgehead atoms. The largest absolute Gasteiger partial charge is 3.00 e. The minimum atomic E-state index is -2.19. The topological polar surface area (TPSA) is 373 Å². The molecule has 0 atom stereocenters. The molecule has 6 heterocycles. The van der Waals surface area contributed by atoms with Gasteiger partial charge in [0, 0.05) is 91.9 Å². The summed E-state index contributed by atoms with van der Waals surface area (Å²) in [5.74, 6) is -13.1. The van der Waals surface area contributed by atoms with Crippen LogP contribution < -0.4 is 35.7 Å². The van der Waals surface area contributed by atoms with E-state index < -0.39 is 35.8 Å². The second kappa shape index (κ2) is 30.2. The summed E-state index contributed by atoms with van der Waals surface area (Å²) < 4.78 is 0. The number of carboxylic acid groups (broad SMARTS) is 6. The molecule has 340 valence electrons. The molecule has 0 saturated carbocycles. The molecule has 2 N–H and O–H groups in total. The number of fused-ring (bicyclic) bond motifs is 9. The summed E-state index contributed by atoms with van der Waals surface area (Å²) in [4.78, 5) is 79.6. The van der Waals surface area contributed by atoms with Crippen LogP contribution in [-0.2, 0) is 67.6 Å². The van der Waals surface area contributed by atoms with Crippen molar-refractivity contribution in [1.82, 2.24) is 29.9 Å². The Bertz CT molecular complexity index is 2520. The number of benzene rings is 3. The van der Waals surface area contributed by atoms with Crippen LogP contribution in [0.3, 0.4) is 0 Å². The monoisotopic (exact) mass is 1110 g/mol. The van der Waals surface area contributed by atoms with Crippen LogP contribution in [0, 0.1) is 0 Å². The molecule has 9 rings (SSSR count). The van der Waals surface area contributed by atoms with E-state index in [4.69, 9.17) is 64.5 Å². The van der Waals surface area contributed by atoms with Gasteiger partial charge in [-0.3, -0.25) is 29.9 Å². The standard InChI is InChI=1S/3C12H8N2.3C2H2O4.C2H5O.Ni.H2O.Ta/c3*1-3-9-5-6-10-4-2-8-14-12(10)11(9)13-7-1;3*3-1(4)2(5)6;1-2-3;;;/h3*1-8H;3*(H,3,4)(H,5,6);2H2,1H3;;1H2;/q;;;;;;-1;+3;;/p-6. The zero-order valence-corrected chi connectivity index (χ0v) is 38.0. The maximum Gasteiger partial charge on any atom is 3.00 e. The van der Waals surface area contributed by atoms with Crippen molar-refractivity contribution in [1.29, 1.82) is 0 Å². The number of hydrogen-bond acceptors (Lipinski definition) is 19. The van der Waals surface area contributed by atoms with Gasteiger partial charge in [0.1, 0.15) is 0 Å². The Labute approximate surface area is 398 Å². The van der Waals surface area contributed by atoms with Gasteiger partial charge in [-0.2, -0.15) is 0 Å². The van der Waals surface area contributed by atoms with E-state index in [-0.39, 0.29) is 51.0 Å². The Balaban J connectivity index is 0.000000783. The minimum absolute atomic E-state index is 0. The van der Waals surface area contributed by atoms with E-state index in [0.717, 1.165) is 65.4 Å². The van der Waals surface area contributed by atoms with Gasteiger partial charge >= 0.3 is 16.5 Å². The van der Waals surface area contributed by atoms with Crippen LogP contribution in [0.15, 0.2) is 146 Å². The van der Waals surface area contributed by atoms with Crippen molar-refractivity contribution < 1.29 is 109 Å². The predicted octanol–water partition coefficient (Wildman–Crippen LogP) is -3.66. The predicted molar refractivity (Wildman–Crippen MR) is 215 cm³/mol. The van der Waals surface area contributed by atoms with Gasteiger partial charge in [0.2, 0.25) is 0 Å². The minimum Gasteiger partial charge on any atom is -0.855 e. The molecule has 0 aliphatic rings. The van der Waals surface area contributed by atoms with Gasteiger partial charge in [0.25, 0.3) is 0 Å². The summed E-state index contributed by atoms with van der Waals surface area (Å²) in [5.41, 5.74) is 5.86. The molecule has 20 nitrogen and oxygen atoms in total. The Kier molecular flexibility index (Phi) is 26.6. The summed E-state index contributed by atoms with van der Waals surface area (Å²) in [6, 6.07) is 36.4. The van der Waals surface area contributed by atoms with Crippen LogP contribution >= 0.6 is 0 Å². The number of carbonyl (C=O) groups is 6. The van der Waals surface area contributed by atoms with Gasteiger partial charge in [-0.25, -0.2) is 0 Å². The summed E-state index contributed by atoms with van der Waals surface area (Å²) >= 11 is 0. The normalized spacial score (nSPS) is 9.18. The van der Waals surface area contributed by atoms with Crippen molar-refractivity contribution >= 4 is 101 Å². The maximum absolute atomic E-state index is 8.93. The van der Waals surface area contributed by atoms with Crippen LogP contribution in [0.1, 0.15) is 6.92 Å². The molecule has 9 aromatic rings. The Morgan fingerprint density at radius 2 is 0.470 bits per heavy atom. The van der Waals surface area contributed by atoms with E-state index in [1.54, 1.807) is 44.1 Å². The van der Waals surface area contributed by atoms with E-state index in [1.165, 1.54) is 0 Å². The van der Waals surface area contributed by atoms with Gasteiger partial charge < -0.3 is 70.0 Å². The van der Waals surface area contributed by atoms with Crippen LogP contribution in [-0.4, -0.2) is 77.8 Å². The summed E-state index contributed by atoms with van der Waals surface area (Å²) in [5, 5.41) is 69.3. The van der Waals surface area contributed by atoms with Crippen LogP contribution in [0.25, 0.3) is 65.4 Å². The van der Waals surface area contributed by atoms with E-state index in [2.05, 4.69) is 103 Å². The summed E-state index contributed by atoms with van der Waals surface area (Å²) in [6.07, 6.45) is 10.8. The van der Waals surface area contributed by atoms with E-state index >= 15 is 0 Å². The second-order valence-corrected chi connectivity index (χ2v) is 11.7. The molecular weight excluding hydrogens is 1080 g/mol. The quantitative estimate of drug-likeness (QED) is 0.0802. The molecule has 0 aliphatic carbocycles. The third-order valence-corrected chi connectivity index (χ3v) is 7.53. The molecule has 22 heteroatoms. The first-order chi connectivity index (χ1) is 30.2. The molecular formula is C44H31N6NiO14Ta-4. The number of aliphatic carboxylic acids is 6. The molecule has 2 radical (unpaired) electrons. The summed E-state index contributed by atoms with van der Waals surface area (Å²) in [7, 11) is 0. The van der Waals surface area contributed by atoms with Crippen LogP contribution in [0.4, 0.5) is 0 Å². The molecule has 0 spiro atoms. The van der Waals surface area contributed by atoms with Crippen molar-refractivity contribution in [3.63, 3.8) is 0 Å². The first-order valence-electron chi connectivity index (χ1n) is 17.8. The Morgan fingerprint density at radius 3 is 0.576 bits per heavy atom. The average molecular weight is 1110 g/mol. The smallest absolute Gasteiger partial charge is 0.855 e. The third-order valence-electron chi connectivity index (χ3n) is 7.53. The number of aromatic nitrogens is 6. The molecule has 0 aliphatic heterocycles. The first-order valence-corrected chi connectivity index (χ1v) is 17.8. The molecule has 0 amide bonds. The van der Waals surface area contributed by atoms with Crippen molar-refractivity contribution in [2.75, 3.05) is 6.61 Å².